The topological polar surface area (TPSA) is 0 Å². The summed E-state index contributed by atoms with van der Waals surface area (Å²) in [6.07, 6.45) is 0. The van der Waals surface area contributed by atoms with Crippen LogP contribution in [0.5, 0.6) is 0 Å². The van der Waals surface area contributed by atoms with Crippen LogP contribution in [0.3, 0.4) is 0 Å². The molecule has 0 saturated carbocycles. The monoisotopic (exact) mass is 254 g/mol. The van der Waals surface area contributed by atoms with Gasteiger partial charge in [0.05, 0.1) is 0 Å². The Morgan fingerprint density at radius 1 is 0.944 bits per heavy atom. The smallest absolute Gasteiger partial charge is 0.0418 e. The van der Waals surface area contributed by atoms with Crippen molar-refractivity contribution >= 4 is 11.6 Å². The van der Waals surface area contributed by atoms with Gasteiger partial charge in [0, 0.05) is 16.1 Å². The van der Waals surface area contributed by atoms with Crippen LogP contribution in [0.4, 0.5) is 0 Å². The molecule has 2 aromatic carbocycles. The molecule has 0 aliphatic carbocycles. The van der Waals surface area contributed by atoms with Crippen LogP contribution in [0.25, 0.3) is 0 Å². The molecule has 0 nitrogen and oxygen atoms in total. The zero-order chi connectivity index (χ0) is 13.0. The molecule has 0 heterocycles. The number of hydrogen-bond donors (Lipinski definition) is 0. The van der Waals surface area contributed by atoms with Crippen molar-refractivity contribution in [2.75, 3.05) is 0 Å². The Bertz CT molecular complexity index is 600. The van der Waals surface area contributed by atoms with E-state index in [-0.39, 0.29) is 0 Å². The molecule has 0 spiro atoms. The summed E-state index contributed by atoms with van der Waals surface area (Å²) in [5, 5.41) is 0.721. The van der Waals surface area contributed by atoms with Crippen LogP contribution in [0.1, 0.15) is 36.5 Å². The van der Waals surface area contributed by atoms with Crippen molar-refractivity contribution < 1.29 is 0 Å². The lowest BCUT2D eigenvalue weighted by Gasteiger charge is -2.07. The maximum atomic E-state index is 5.94. The van der Waals surface area contributed by atoms with Gasteiger partial charge in [0.25, 0.3) is 0 Å². The van der Waals surface area contributed by atoms with Crippen molar-refractivity contribution in [1.82, 2.24) is 0 Å². The predicted octanol–water partition coefficient (Wildman–Crippen LogP) is 4.86. The molecule has 0 aliphatic rings. The van der Waals surface area contributed by atoms with E-state index in [1.807, 2.05) is 30.3 Å². The summed E-state index contributed by atoms with van der Waals surface area (Å²) in [7, 11) is 0. The van der Waals surface area contributed by atoms with E-state index in [0.717, 1.165) is 16.1 Å². The summed E-state index contributed by atoms with van der Waals surface area (Å²) < 4.78 is 0. The van der Waals surface area contributed by atoms with Gasteiger partial charge >= 0.3 is 0 Å². The summed E-state index contributed by atoms with van der Waals surface area (Å²) in [4.78, 5) is 0. The van der Waals surface area contributed by atoms with Crippen molar-refractivity contribution in [1.29, 1.82) is 0 Å². The van der Waals surface area contributed by atoms with Crippen LogP contribution in [0.15, 0.2) is 48.5 Å². The first-order valence-corrected chi connectivity index (χ1v) is 6.41. The molecule has 0 N–H and O–H groups in total. The number of benzene rings is 2. The van der Waals surface area contributed by atoms with Gasteiger partial charge in [-0.25, -0.2) is 0 Å². The van der Waals surface area contributed by atoms with Gasteiger partial charge in [-0.1, -0.05) is 61.6 Å². The van der Waals surface area contributed by atoms with Crippen molar-refractivity contribution in [2.24, 2.45) is 0 Å². The average Bonchev–Trinajstić information content (AvgIpc) is 2.37. The van der Waals surface area contributed by atoms with E-state index in [9.17, 15) is 0 Å². The molecule has 0 saturated heterocycles. The summed E-state index contributed by atoms with van der Waals surface area (Å²) in [5.74, 6) is 6.87. The van der Waals surface area contributed by atoms with Gasteiger partial charge in [0.2, 0.25) is 0 Å². The second-order valence-corrected chi connectivity index (χ2v) is 4.94. The Morgan fingerprint density at radius 2 is 1.72 bits per heavy atom. The van der Waals surface area contributed by atoms with Crippen molar-refractivity contribution in [3.05, 3.63) is 70.2 Å². The lowest BCUT2D eigenvalue weighted by molar-refractivity contribution is 0.863. The van der Waals surface area contributed by atoms with E-state index < -0.39 is 0 Å². The van der Waals surface area contributed by atoms with E-state index in [4.69, 9.17) is 11.6 Å². The van der Waals surface area contributed by atoms with Gasteiger partial charge in [-0.3, -0.25) is 0 Å². The first kappa shape index (κ1) is 12.7. The average molecular weight is 255 g/mol. The highest BCUT2D eigenvalue weighted by Gasteiger charge is 2.02. The normalized spacial score (nSPS) is 10.0. The molecule has 0 aliphatic heterocycles. The van der Waals surface area contributed by atoms with Crippen molar-refractivity contribution in [3.8, 4) is 11.8 Å². The van der Waals surface area contributed by atoms with Gasteiger partial charge in [-0.15, -0.1) is 0 Å². The molecular weight excluding hydrogens is 240 g/mol. The minimum Gasteiger partial charge on any atom is -0.0843 e. The molecule has 0 radical (unpaired) electrons. The fraction of sp³-hybridized carbons (Fsp3) is 0.176. The lowest BCUT2D eigenvalue weighted by atomic mass is 9.97. The molecule has 0 fully saturated rings. The predicted molar refractivity (Wildman–Crippen MR) is 78.0 cm³/mol. The minimum absolute atomic E-state index is 0.481. The second-order valence-electron chi connectivity index (χ2n) is 4.50. The molecule has 0 unspecified atom stereocenters. The summed E-state index contributed by atoms with van der Waals surface area (Å²) in [6, 6.07) is 15.9. The van der Waals surface area contributed by atoms with E-state index >= 15 is 0 Å². The zero-order valence-electron chi connectivity index (χ0n) is 10.6. The third-order valence-corrected chi connectivity index (χ3v) is 2.98. The Balaban J connectivity index is 2.36. The Kier molecular flexibility index (Phi) is 4.07. The quantitative estimate of drug-likeness (QED) is 0.638. The van der Waals surface area contributed by atoms with Gasteiger partial charge in [0.1, 0.15) is 0 Å². The molecule has 0 amide bonds. The SMILES string of the molecule is CC(C)c1ccccc1C#Cc1cccc(Cl)c1. The lowest BCUT2D eigenvalue weighted by Crippen LogP contribution is -1.91. The molecule has 90 valence electrons. The number of hydrogen-bond acceptors (Lipinski definition) is 0. The second kappa shape index (κ2) is 5.76. The molecular formula is C17H15Cl. The fourth-order valence-electron chi connectivity index (χ4n) is 1.82. The molecule has 1 heteroatoms. The van der Waals surface area contributed by atoms with Crippen molar-refractivity contribution in [2.45, 2.75) is 19.8 Å². The van der Waals surface area contributed by atoms with Crippen LogP contribution >= 0.6 is 11.6 Å². The highest BCUT2D eigenvalue weighted by Crippen LogP contribution is 2.18. The Hall–Kier alpha value is -1.71. The van der Waals surface area contributed by atoms with E-state index in [2.05, 4.69) is 43.9 Å². The highest BCUT2D eigenvalue weighted by atomic mass is 35.5. The van der Waals surface area contributed by atoms with Gasteiger partial charge < -0.3 is 0 Å². The zero-order valence-corrected chi connectivity index (χ0v) is 11.3. The van der Waals surface area contributed by atoms with E-state index in [1.165, 1.54) is 5.56 Å². The van der Waals surface area contributed by atoms with Gasteiger partial charge in [0.15, 0.2) is 0 Å². The molecule has 2 rings (SSSR count). The van der Waals surface area contributed by atoms with E-state index in [1.54, 1.807) is 0 Å². The first-order chi connectivity index (χ1) is 8.66. The maximum absolute atomic E-state index is 5.94. The van der Waals surface area contributed by atoms with Gasteiger partial charge in [-0.2, -0.15) is 0 Å². The van der Waals surface area contributed by atoms with Crippen LogP contribution in [0.2, 0.25) is 5.02 Å². The summed E-state index contributed by atoms with van der Waals surface area (Å²) >= 11 is 5.94. The number of rotatable bonds is 1. The molecule has 0 atom stereocenters. The standard InChI is InChI=1S/C17H15Cl/c1-13(2)17-9-4-3-7-15(17)11-10-14-6-5-8-16(18)12-14/h3-9,12-13H,1-2H3. The van der Waals surface area contributed by atoms with Crippen molar-refractivity contribution in [3.63, 3.8) is 0 Å². The highest BCUT2D eigenvalue weighted by molar-refractivity contribution is 6.30. The number of halogens is 1. The third kappa shape index (κ3) is 3.15. The Morgan fingerprint density at radius 3 is 2.44 bits per heavy atom. The maximum Gasteiger partial charge on any atom is 0.0418 e. The largest absolute Gasteiger partial charge is 0.0843 e. The molecule has 0 aromatic heterocycles. The van der Waals surface area contributed by atoms with Crippen LogP contribution in [-0.2, 0) is 0 Å². The third-order valence-electron chi connectivity index (χ3n) is 2.75. The van der Waals surface area contributed by atoms with Gasteiger partial charge in [-0.05, 0) is 35.7 Å². The molecule has 18 heavy (non-hydrogen) atoms. The Labute approximate surface area is 114 Å². The summed E-state index contributed by atoms with van der Waals surface area (Å²) in [5.41, 5.74) is 3.32. The first-order valence-electron chi connectivity index (χ1n) is 6.03. The molecule has 0 bridgehead atoms. The summed E-state index contributed by atoms with van der Waals surface area (Å²) in [6.45, 7) is 4.36. The van der Waals surface area contributed by atoms with Crippen LogP contribution < -0.4 is 0 Å². The molecule has 2 aromatic rings. The van der Waals surface area contributed by atoms with E-state index in [0.29, 0.717) is 5.92 Å². The van der Waals surface area contributed by atoms with Crippen LogP contribution in [-0.4, -0.2) is 0 Å². The minimum atomic E-state index is 0.481. The fourth-order valence-corrected chi connectivity index (χ4v) is 2.01. The van der Waals surface area contributed by atoms with Crippen LogP contribution in [0, 0.1) is 11.8 Å².